The average molecular weight is 642 g/mol. The monoisotopic (exact) mass is 641 g/mol. The van der Waals surface area contributed by atoms with Gasteiger partial charge in [-0.25, -0.2) is 0 Å². The molecule has 5 atom stereocenters. The fourth-order valence-corrected chi connectivity index (χ4v) is 7.79. The van der Waals surface area contributed by atoms with Gasteiger partial charge in [0.25, 0.3) is 0 Å². The molecular formula is C31H39N5O10. The molecule has 0 saturated carbocycles. The Morgan fingerprint density at radius 1 is 0.935 bits per heavy atom. The highest BCUT2D eigenvalue weighted by atomic mass is 16.5. The summed E-state index contributed by atoms with van der Waals surface area (Å²) in [7, 11) is 8.50. The van der Waals surface area contributed by atoms with Crippen LogP contribution in [-0.4, -0.2) is 103 Å². The molecule has 2 saturated heterocycles. The number of carboxylic acid groups (broad SMARTS) is 1. The predicted molar refractivity (Wildman–Crippen MR) is 157 cm³/mol. The topological polar surface area (TPSA) is 202 Å². The second kappa shape index (κ2) is 12.8. The maximum Gasteiger partial charge on any atom is 0.325 e. The van der Waals surface area contributed by atoms with Crippen LogP contribution in [0.5, 0.6) is 17.2 Å². The van der Waals surface area contributed by atoms with Crippen LogP contribution < -0.4 is 23.9 Å². The number of piperidine rings is 2. The number of nitrogens with zero attached hydrogens (tertiary/aromatic N) is 5. The highest BCUT2D eigenvalue weighted by molar-refractivity contribution is 5.85. The number of aliphatic carboxylic acids is 1. The Kier molecular flexibility index (Phi) is 9.57. The summed E-state index contributed by atoms with van der Waals surface area (Å²) in [6.45, 7) is -0.121. The number of hydrogen-bond donors (Lipinski definition) is 2. The first-order valence-electron chi connectivity index (χ1n) is 14.1. The van der Waals surface area contributed by atoms with E-state index < -0.39 is 40.6 Å². The molecule has 0 spiro atoms. The van der Waals surface area contributed by atoms with Crippen LogP contribution in [0, 0.1) is 10.8 Å². The van der Waals surface area contributed by atoms with Gasteiger partial charge in [-0.2, -0.15) is 4.57 Å². The van der Waals surface area contributed by atoms with Gasteiger partial charge in [0.2, 0.25) is 5.69 Å². The SMILES string of the molecule is CO.COC(=O)[C@@]12CN(Cc3cc(OC)ccn3)C[C@]3(C(=O)[O-])[C@@H](c4cc(OC)cc[n+]4[C@@]31O)N(C)[C@@H]2c1cc(OC)ccn1.O. The maximum atomic E-state index is 14.4. The fourth-order valence-electron chi connectivity index (χ4n) is 7.79. The molecule has 46 heavy (non-hydrogen) atoms. The summed E-state index contributed by atoms with van der Waals surface area (Å²) < 4.78 is 23.3. The Morgan fingerprint density at radius 3 is 2.13 bits per heavy atom. The Labute approximate surface area is 265 Å². The molecule has 0 radical (unpaired) electrons. The van der Waals surface area contributed by atoms with Gasteiger partial charge >= 0.3 is 11.7 Å². The van der Waals surface area contributed by atoms with Crippen molar-refractivity contribution in [3.05, 3.63) is 72.1 Å². The second-order valence-corrected chi connectivity index (χ2v) is 11.2. The summed E-state index contributed by atoms with van der Waals surface area (Å²) in [5, 5.41) is 33.8. The number of hydrogen-bond acceptors (Lipinski definition) is 13. The summed E-state index contributed by atoms with van der Waals surface area (Å²) in [5.41, 5.74) is -4.91. The molecule has 0 aromatic carbocycles. The van der Waals surface area contributed by atoms with Crippen LogP contribution in [0.15, 0.2) is 55.0 Å². The Morgan fingerprint density at radius 2 is 1.52 bits per heavy atom. The standard InChI is InChI=1S/C30H33N5O8.CH4O.H2O/c1-33-24(22-13-20(41-3)7-10-32-22)29(27(38)43-5)17-34(15-18-12-19(40-2)6-9-31-18)16-28(26(36)37)25(33)23-14-21(42-4)8-11-35(23)30(28,29)39;1-2;/h6-14,24-25,39H,15-17H2,1-5H3;2H,1H3;1H2/t24-,25-,28-,29+,30-;;/m1../s1. The molecule has 0 aliphatic carbocycles. The van der Waals surface area contributed by atoms with Gasteiger partial charge in [0.05, 0.1) is 51.8 Å². The molecule has 0 unspecified atom stereocenters. The van der Waals surface area contributed by atoms with E-state index in [-0.39, 0.29) is 25.1 Å². The van der Waals surface area contributed by atoms with E-state index in [2.05, 4.69) is 9.97 Å². The zero-order valence-electron chi connectivity index (χ0n) is 26.5. The number of esters is 1. The van der Waals surface area contributed by atoms with Crippen molar-refractivity contribution >= 4 is 11.9 Å². The third-order valence-corrected chi connectivity index (χ3v) is 9.35. The molecule has 6 rings (SSSR count). The van der Waals surface area contributed by atoms with E-state index in [1.54, 1.807) is 78.9 Å². The summed E-state index contributed by atoms with van der Waals surface area (Å²) in [5.74, 6) is -0.802. The zero-order valence-corrected chi connectivity index (χ0v) is 26.5. The van der Waals surface area contributed by atoms with Gasteiger partial charge < -0.3 is 44.5 Å². The van der Waals surface area contributed by atoms with Crippen LogP contribution in [0.1, 0.15) is 29.2 Å². The van der Waals surface area contributed by atoms with Crippen molar-refractivity contribution in [1.82, 2.24) is 19.8 Å². The van der Waals surface area contributed by atoms with Gasteiger partial charge in [0.15, 0.2) is 11.6 Å². The van der Waals surface area contributed by atoms with Crippen LogP contribution in [0.25, 0.3) is 0 Å². The van der Waals surface area contributed by atoms with E-state index in [1.165, 1.54) is 25.9 Å². The van der Waals surface area contributed by atoms with Crippen molar-refractivity contribution in [2.75, 3.05) is 55.7 Å². The number of carbonyl (C=O) groups excluding carboxylic acids is 2. The number of carboxylic acids is 1. The molecule has 3 aliphatic rings. The van der Waals surface area contributed by atoms with E-state index in [9.17, 15) is 19.8 Å². The highest BCUT2D eigenvalue weighted by Gasteiger charge is 2.89. The Hall–Kier alpha value is -4.41. The number of methoxy groups -OCH3 is 4. The van der Waals surface area contributed by atoms with E-state index in [1.807, 2.05) is 0 Å². The summed E-state index contributed by atoms with van der Waals surface area (Å²) in [6.07, 6.45) is 4.69. The third kappa shape index (κ3) is 4.49. The lowest BCUT2D eigenvalue weighted by molar-refractivity contribution is -0.828. The number of rotatable bonds is 8. The first-order valence-corrected chi connectivity index (χ1v) is 14.1. The Bertz CT molecular complexity index is 1610. The van der Waals surface area contributed by atoms with Gasteiger partial charge in [-0.3, -0.25) is 24.6 Å². The van der Waals surface area contributed by atoms with E-state index in [0.717, 1.165) is 7.11 Å². The lowest BCUT2D eigenvalue weighted by Gasteiger charge is -2.63. The number of pyridine rings is 3. The molecule has 248 valence electrons. The van der Waals surface area contributed by atoms with Gasteiger partial charge in [-0.15, -0.1) is 0 Å². The van der Waals surface area contributed by atoms with Crippen molar-refractivity contribution in [1.29, 1.82) is 0 Å². The molecule has 15 nitrogen and oxygen atoms in total. The van der Waals surface area contributed by atoms with Crippen LogP contribution in [0.2, 0.25) is 0 Å². The number of fused-ring (bicyclic) bond motifs is 2. The van der Waals surface area contributed by atoms with Crippen molar-refractivity contribution in [2.24, 2.45) is 10.8 Å². The number of aliphatic hydroxyl groups is 2. The molecular weight excluding hydrogens is 602 g/mol. The van der Waals surface area contributed by atoms with Crippen LogP contribution in [-0.2, 0) is 26.6 Å². The first-order chi connectivity index (χ1) is 21.6. The maximum absolute atomic E-state index is 14.4. The minimum atomic E-state index is -2.35. The van der Waals surface area contributed by atoms with E-state index >= 15 is 0 Å². The van der Waals surface area contributed by atoms with Crippen LogP contribution in [0.3, 0.4) is 0 Å². The number of carbonyl (C=O) groups is 2. The molecule has 4 N–H and O–H groups in total. The normalized spacial score (nSPS) is 27.7. The smallest absolute Gasteiger partial charge is 0.325 e. The molecule has 15 heteroatoms. The number of aliphatic hydroxyl groups excluding tert-OH is 1. The quantitative estimate of drug-likeness (QED) is 0.210. The van der Waals surface area contributed by atoms with Gasteiger partial charge in [0, 0.05) is 63.4 Å². The van der Waals surface area contributed by atoms with Crippen molar-refractivity contribution in [2.45, 2.75) is 24.4 Å². The van der Waals surface area contributed by atoms with Crippen molar-refractivity contribution in [3.63, 3.8) is 0 Å². The van der Waals surface area contributed by atoms with Crippen molar-refractivity contribution < 1.29 is 53.9 Å². The lowest BCUT2D eigenvalue weighted by atomic mass is 9.51. The molecule has 3 aromatic heterocycles. The molecule has 3 aromatic rings. The van der Waals surface area contributed by atoms with Crippen molar-refractivity contribution in [3.8, 4) is 17.2 Å². The second-order valence-electron chi connectivity index (χ2n) is 11.2. The number of ether oxygens (including phenoxy) is 4. The molecule has 4 bridgehead atoms. The Balaban J connectivity index is 0.00000157. The minimum Gasteiger partial charge on any atom is -0.549 e. The number of likely N-dealkylation sites (tertiary alicyclic amines) is 2. The zero-order chi connectivity index (χ0) is 32.7. The first kappa shape index (κ1) is 34.5. The van der Waals surface area contributed by atoms with Gasteiger partial charge in [-0.05, 0) is 19.2 Å². The molecule has 6 heterocycles. The summed E-state index contributed by atoms with van der Waals surface area (Å²) >= 11 is 0. The third-order valence-electron chi connectivity index (χ3n) is 9.35. The van der Waals surface area contributed by atoms with E-state index in [4.69, 9.17) is 24.1 Å². The molecule has 3 aliphatic heterocycles. The molecule has 0 amide bonds. The van der Waals surface area contributed by atoms with Crippen LogP contribution in [0.4, 0.5) is 0 Å². The predicted octanol–water partition coefficient (Wildman–Crippen LogP) is -1.63. The van der Waals surface area contributed by atoms with Gasteiger partial charge in [-0.1, -0.05) is 0 Å². The number of aromatic nitrogens is 3. The highest BCUT2D eigenvalue weighted by Crippen LogP contribution is 2.70. The average Bonchev–Trinajstić information content (AvgIpc) is 3.26. The fraction of sp³-hybridized carbons (Fsp3) is 0.452. The molecule has 2 fully saturated rings. The summed E-state index contributed by atoms with van der Waals surface area (Å²) in [4.78, 5) is 40.7. The minimum absolute atomic E-state index is 0. The summed E-state index contributed by atoms with van der Waals surface area (Å²) in [6, 6.07) is 8.14. The largest absolute Gasteiger partial charge is 0.549 e. The van der Waals surface area contributed by atoms with Crippen LogP contribution >= 0.6 is 0 Å². The van der Waals surface area contributed by atoms with Gasteiger partial charge in [0.1, 0.15) is 28.7 Å². The van der Waals surface area contributed by atoms with E-state index in [0.29, 0.717) is 34.3 Å². The lowest BCUT2D eigenvalue weighted by Crippen LogP contribution is -2.85.